The Bertz CT molecular complexity index is 882. The van der Waals surface area contributed by atoms with Crippen LogP contribution in [0.2, 0.25) is 0 Å². The number of amides is 2. The first kappa shape index (κ1) is 23.9. The largest absolute Gasteiger partial charge is 0.492 e. The molecule has 2 aromatic rings. The summed E-state index contributed by atoms with van der Waals surface area (Å²) in [7, 11) is 0. The fourth-order valence-electron chi connectivity index (χ4n) is 2.81. The van der Waals surface area contributed by atoms with Gasteiger partial charge in [0, 0.05) is 19.4 Å². The highest BCUT2D eigenvalue weighted by molar-refractivity contribution is 6.03. The molecule has 0 saturated heterocycles. The predicted octanol–water partition coefficient (Wildman–Crippen LogP) is 2.88. The van der Waals surface area contributed by atoms with Gasteiger partial charge in [-0.25, -0.2) is 4.79 Å². The van der Waals surface area contributed by atoms with Crippen LogP contribution in [0.4, 0.5) is 5.69 Å². The summed E-state index contributed by atoms with van der Waals surface area (Å²) in [4.78, 5) is 35.2. The summed E-state index contributed by atoms with van der Waals surface area (Å²) >= 11 is 0. The number of carboxylic acid groups (broad SMARTS) is 1. The predicted molar refractivity (Wildman–Crippen MR) is 116 cm³/mol. The summed E-state index contributed by atoms with van der Waals surface area (Å²) in [5.74, 6) is -0.852. The number of para-hydroxylation sites is 1. The zero-order valence-electron chi connectivity index (χ0n) is 17.7. The van der Waals surface area contributed by atoms with Gasteiger partial charge in [0.05, 0.1) is 17.8 Å². The van der Waals surface area contributed by atoms with Crippen LogP contribution in [-0.2, 0) is 20.7 Å². The molecule has 1 unspecified atom stereocenters. The second-order valence-corrected chi connectivity index (χ2v) is 6.68. The van der Waals surface area contributed by atoms with Crippen LogP contribution in [0.15, 0.2) is 48.5 Å². The van der Waals surface area contributed by atoms with Crippen LogP contribution < -0.4 is 15.4 Å². The molecule has 2 aromatic carbocycles. The van der Waals surface area contributed by atoms with Crippen LogP contribution in [0.25, 0.3) is 0 Å². The standard InChI is InChI=1S/C23H28N2O6/c1-3-21(26)25-19-8-6-5-7-18(19)22(27)24-13-14-31-17-11-9-16(10-12-17)15-20(23(28)29)30-4-2/h5-12,20H,3-4,13-15H2,1-2H3,(H,24,27)(H,25,26)(H,28,29). The van der Waals surface area contributed by atoms with Crippen molar-refractivity contribution in [2.45, 2.75) is 32.8 Å². The quantitative estimate of drug-likeness (QED) is 0.448. The fourth-order valence-corrected chi connectivity index (χ4v) is 2.81. The first-order valence-corrected chi connectivity index (χ1v) is 10.2. The van der Waals surface area contributed by atoms with Crippen molar-refractivity contribution in [3.05, 3.63) is 59.7 Å². The van der Waals surface area contributed by atoms with Crippen LogP contribution in [0.3, 0.4) is 0 Å². The Kier molecular flexibility index (Phi) is 9.51. The van der Waals surface area contributed by atoms with Gasteiger partial charge in [-0.2, -0.15) is 0 Å². The third kappa shape index (κ3) is 7.75. The van der Waals surface area contributed by atoms with E-state index in [9.17, 15) is 14.4 Å². The van der Waals surface area contributed by atoms with Gasteiger partial charge in [0.25, 0.3) is 5.91 Å². The van der Waals surface area contributed by atoms with Gasteiger partial charge in [-0.05, 0) is 36.8 Å². The Morgan fingerprint density at radius 2 is 1.74 bits per heavy atom. The molecular formula is C23H28N2O6. The molecule has 8 nitrogen and oxygen atoms in total. The number of aliphatic carboxylic acids is 1. The van der Waals surface area contributed by atoms with E-state index in [2.05, 4.69) is 10.6 Å². The molecule has 0 spiro atoms. The first-order valence-electron chi connectivity index (χ1n) is 10.2. The van der Waals surface area contributed by atoms with Gasteiger partial charge in [-0.1, -0.05) is 31.2 Å². The maximum absolute atomic E-state index is 12.4. The monoisotopic (exact) mass is 428 g/mol. The Hall–Kier alpha value is -3.39. The van der Waals surface area contributed by atoms with Crippen LogP contribution >= 0.6 is 0 Å². The molecule has 166 valence electrons. The summed E-state index contributed by atoms with van der Waals surface area (Å²) in [5.41, 5.74) is 1.68. The number of hydrogen-bond donors (Lipinski definition) is 3. The number of nitrogens with one attached hydrogen (secondary N) is 2. The number of carbonyl (C=O) groups is 3. The minimum Gasteiger partial charge on any atom is -0.492 e. The van der Waals surface area contributed by atoms with E-state index in [1.807, 2.05) is 0 Å². The molecule has 2 amide bonds. The first-order chi connectivity index (χ1) is 14.9. The molecule has 1 atom stereocenters. The maximum atomic E-state index is 12.4. The highest BCUT2D eigenvalue weighted by atomic mass is 16.5. The van der Waals surface area contributed by atoms with Crippen molar-refractivity contribution in [2.75, 3.05) is 25.1 Å². The highest BCUT2D eigenvalue weighted by Gasteiger charge is 2.18. The molecule has 3 N–H and O–H groups in total. The Labute approximate surface area is 181 Å². The lowest BCUT2D eigenvalue weighted by atomic mass is 10.1. The average molecular weight is 428 g/mol. The maximum Gasteiger partial charge on any atom is 0.333 e. The number of carbonyl (C=O) groups excluding carboxylic acids is 2. The van der Waals surface area contributed by atoms with Gasteiger partial charge in [-0.3, -0.25) is 9.59 Å². The fraction of sp³-hybridized carbons (Fsp3) is 0.348. The van der Waals surface area contributed by atoms with E-state index in [0.29, 0.717) is 30.0 Å². The summed E-state index contributed by atoms with van der Waals surface area (Å²) in [6, 6.07) is 13.9. The van der Waals surface area contributed by atoms with Crippen LogP contribution in [0.5, 0.6) is 5.75 Å². The van der Waals surface area contributed by atoms with Crippen molar-refractivity contribution >= 4 is 23.5 Å². The minimum absolute atomic E-state index is 0.164. The number of carboxylic acids is 1. The number of ether oxygens (including phenoxy) is 2. The number of rotatable bonds is 12. The van der Waals surface area contributed by atoms with E-state index in [1.165, 1.54) is 0 Å². The van der Waals surface area contributed by atoms with Gasteiger partial charge in [0.2, 0.25) is 5.91 Å². The molecule has 0 fully saturated rings. The van der Waals surface area contributed by atoms with Gasteiger partial charge in [-0.15, -0.1) is 0 Å². The van der Waals surface area contributed by atoms with Crippen molar-refractivity contribution in [2.24, 2.45) is 0 Å². The second kappa shape index (κ2) is 12.3. The van der Waals surface area contributed by atoms with E-state index in [1.54, 1.807) is 62.4 Å². The second-order valence-electron chi connectivity index (χ2n) is 6.68. The van der Waals surface area contributed by atoms with Crippen LogP contribution in [0.1, 0.15) is 36.2 Å². The normalized spacial score (nSPS) is 11.4. The van der Waals surface area contributed by atoms with Gasteiger partial charge < -0.3 is 25.2 Å². The summed E-state index contributed by atoms with van der Waals surface area (Å²) in [5, 5.41) is 14.6. The van der Waals surface area contributed by atoms with Gasteiger partial charge in [0.1, 0.15) is 12.4 Å². The molecule has 31 heavy (non-hydrogen) atoms. The van der Waals surface area contributed by atoms with Crippen molar-refractivity contribution in [3.8, 4) is 5.75 Å². The number of hydrogen-bond acceptors (Lipinski definition) is 5. The molecule has 0 radical (unpaired) electrons. The van der Waals surface area contributed by atoms with E-state index in [0.717, 1.165) is 5.56 Å². The van der Waals surface area contributed by atoms with Crippen molar-refractivity contribution in [3.63, 3.8) is 0 Å². The average Bonchev–Trinajstić information content (AvgIpc) is 2.77. The molecule has 0 aliphatic carbocycles. The lowest BCUT2D eigenvalue weighted by Gasteiger charge is -2.13. The third-order valence-electron chi connectivity index (χ3n) is 4.41. The van der Waals surface area contributed by atoms with Crippen LogP contribution in [0, 0.1) is 0 Å². The van der Waals surface area contributed by atoms with E-state index in [4.69, 9.17) is 14.6 Å². The Balaban J connectivity index is 1.82. The minimum atomic E-state index is -0.992. The number of anilines is 1. The topological polar surface area (TPSA) is 114 Å². The molecule has 0 aliphatic rings. The zero-order chi connectivity index (χ0) is 22.6. The summed E-state index contributed by atoms with van der Waals surface area (Å²) in [6.45, 7) is 4.36. The Morgan fingerprint density at radius 1 is 1.03 bits per heavy atom. The van der Waals surface area contributed by atoms with Crippen molar-refractivity contribution in [1.82, 2.24) is 5.32 Å². The zero-order valence-corrected chi connectivity index (χ0v) is 17.7. The molecule has 0 saturated carbocycles. The Morgan fingerprint density at radius 3 is 2.39 bits per heavy atom. The van der Waals surface area contributed by atoms with Crippen LogP contribution in [-0.4, -0.2) is 48.8 Å². The molecule has 0 aromatic heterocycles. The van der Waals surface area contributed by atoms with Crippen molar-refractivity contribution < 1.29 is 29.0 Å². The summed E-state index contributed by atoms with van der Waals surface area (Å²) < 4.78 is 10.8. The number of benzene rings is 2. The third-order valence-corrected chi connectivity index (χ3v) is 4.41. The lowest BCUT2D eigenvalue weighted by Crippen LogP contribution is -2.29. The summed E-state index contributed by atoms with van der Waals surface area (Å²) in [6.07, 6.45) is -0.282. The molecule has 8 heteroatoms. The smallest absolute Gasteiger partial charge is 0.333 e. The SMILES string of the molecule is CCOC(Cc1ccc(OCCNC(=O)c2ccccc2NC(=O)CC)cc1)C(=O)O. The highest BCUT2D eigenvalue weighted by Crippen LogP contribution is 2.16. The van der Waals surface area contributed by atoms with Gasteiger partial charge in [0.15, 0.2) is 6.10 Å². The van der Waals surface area contributed by atoms with Crippen molar-refractivity contribution in [1.29, 1.82) is 0 Å². The molecule has 2 rings (SSSR count). The lowest BCUT2D eigenvalue weighted by molar-refractivity contribution is -0.149. The molecule has 0 heterocycles. The van der Waals surface area contributed by atoms with E-state index in [-0.39, 0.29) is 31.4 Å². The molecular weight excluding hydrogens is 400 g/mol. The van der Waals surface area contributed by atoms with E-state index < -0.39 is 12.1 Å². The van der Waals surface area contributed by atoms with E-state index >= 15 is 0 Å². The molecule has 0 bridgehead atoms. The molecule has 0 aliphatic heterocycles. The van der Waals surface area contributed by atoms with Gasteiger partial charge >= 0.3 is 5.97 Å².